The lowest BCUT2D eigenvalue weighted by atomic mass is 10.1. The quantitative estimate of drug-likeness (QED) is 0.815. The summed E-state index contributed by atoms with van der Waals surface area (Å²) in [4.78, 5) is 31.2. The summed E-state index contributed by atoms with van der Waals surface area (Å²) in [6.45, 7) is 2.15. The van der Waals surface area contributed by atoms with Gasteiger partial charge in [-0.15, -0.1) is 0 Å². The van der Waals surface area contributed by atoms with Crippen LogP contribution in [0.5, 0.6) is 0 Å². The van der Waals surface area contributed by atoms with Gasteiger partial charge in [0, 0.05) is 24.6 Å². The summed E-state index contributed by atoms with van der Waals surface area (Å²) >= 11 is 0. The third-order valence-electron chi connectivity index (χ3n) is 4.46. The van der Waals surface area contributed by atoms with Crippen molar-refractivity contribution >= 4 is 27.5 Å². The third kappa shape index (κ3) is 4.51. The fourth-order valence-corrected chi connectivity index (χ4v) is 3.75. The van der Waals surface area contributed by atoms with Crippen molar-refractivity contribution in [1.82, 2.24) is 9.88 Å². The van der Waals surface area contributed by atoms with Crippen LogP contribution in [0.4, 0.5) is 5.82 Å². The summed E-state index contributed by atoms with van der Waals surface area (Å²) in [5.74, 6) is -0.533. The van der Waals surface area contributed by atoms with Crippen LogP contribution in [0.25, 0.3) is 0 Å². The van der Waals surface area contributed by atoms with E-state index in [0.29, 0.717) is 11.4 Å². The van der Waals surface area contributed by atoms with Gasteiger partial charge in [0.2, 0.25) is 5.91 Å². The smallest absolute Gasteiger partial charge is 0.255 e. The van der Waals surface area contributed by atoms with E-state index in [9.17, 15) is 18.0 Å². The van der Waals surface area contributed by atoms with Crippen LogP contribution in [0, 0.1) is 6.92 Å². The summed E-state index contributed by atoms with van der Waals surface area (Å²) in [6, 6.07) is 9.76. The summed E-state index contributed by atoms with van der Waals surface area (Å²) in [5.41, 5.74) is 2.30. The SMILES string of the molecule is Cc1ccnc(NC(=O)[C@@H](CCS(C)(=O)=O)N2Cc3ccccc3C2=O)c1. The van der Waals surface area contributed by atoms with Crippen molar-refractivity contribution in [1.29, 1.82) is 0 Å². The van der Waals surface area contributed by atoms with E-state index in [0.717, 1.165) is 17.4 Å². The van der Waals surface area contributed by atoms with Crippen molar-refractivity contribution in [3.63, 3.8) is 0 Å². The minimum atomic E-state index is -3.28. The monoisotopic (exact) mass is 387 g/mol. The Hall–Kier alpha value is -2.74. The zero-order valence-corrected chi connectivity index (χ0v) is 16.0. The Labute approximate surface area is 158 Å². The Kier molecular flexibility index (Phi) is 5.27. The topological polar surface area (TPSA) is 96.4 Å². The molecule has 27 heavy (non-hydrogen) atoms. The van der Waals surface area contributed by atoms with E-state index >= 15 is 0 Å². The number of sulfone groups is 1. The molecule has 7 nitrogen and oxygen atoms in total. The molecule has 0 bridgehead atoms. The van der Waals surface area contributed by atoms with Crippen molar-refractivity contribution in [3.8, 4) is 0 Å². The van der Waals surface area contributed by atoms with E-state index in [2.05, 4.69) is 10.3 Å². The predicted octanol–water partition coefficient (Wildman–Crippen LogP) is 1.79. The second-order valence-corrected chi connectivity index (χ2v) is 8.99. The average Bonchev–Trinajstić information content (AvgIpc) is 2.91. The van der Waals surface area contributed by atoms with E-state index in [-0.39, 0.29) is 24.6 Å². The van der Waals surface area contributed by atoms with Gasteiger partial charge >= 0.3 is 0 Å². The lowest BCUT2D eigenvalue weighted by molar-refractivity contribution is -0.120. The molecule has 2 amide bonds. The number of aryl methyl sites for hydroxylation is 1. The lowest BCUT2D eigenvalue weighted by Crippen LogP contribution is -2.45. The molecule has 2 heterocycles. The molecular weight excluding hydrogens is 366 g/mol. The first kappa shape index (κ1) is 19.0. The van der Waals surface area contributed by atoms with Crippen LogP contribution < -0.4 is 5.32 Å². The molecule has 0 saturated carbocycles. The van der Waals surface area contributed by atoms with Crippen molar-refractivity contribution in [2.75, 3.05) is 17.3 Å². The van der Waals surface area contributed by atoms with Gasteiger partial charge in [-0.1, -0.05) is 18.2 Å². The molecule has 8 heteroatoms. The first-order chi connectivity index (χ1) is 12.7. The van der Waals surface area contributed by atoms with Gasteiger partial charge in [-0.2, -0.15) is 0 Å². The maximum absolute atomic E-state index is 12.9. The number of benzene rings is 1. The van der Waals surface area contributed by atoms with Crippen LogP contribution in [-0.4, -0.2) is 48.2 Å². The van der Waals surface area contributed by atoms with Gasteiger partial charge in [0.1, 0.15) is 21.7 Å². The molecule has 0 spiro atoms. The summed E-state index contributed by atoms with van der Waals surface area (Å²) < 4.78 is 23.3. The van der Waals surface area contributed by atoms with Crippen LogP contribution in [0.15, 0.2) is 42.6 Å². The first-order valence-electron chi connectivity index (χ1n) is 8.55. The molecule has 1 aromatic heterocycles. The lowest BCUT2D eigenvalue weighted by Gasteiger charge is -2.26. The number of amides is 2. The highest BCUT2D eigenvalue weighted by atomic mass is 32.2. The largest absolute Gasteiger partial charge is 0.322 e. The molecule has 1 N–H and O–H groups in total. The van der Waals surface area contributed by atoms with Gasteiger partial charge < -0.3 is 10.2 Å². The number of aromatic nitrogens is 1. The van der Waals surface area contributed by atoms with Crippen LogP contribution in [0.3, 0.4) is 0 Å². The highest BCUT2D eigenvalue weighted by Crippen LogP contribution is 2.26. The van der Waals surface area contributed by atoms with E-state index in [1.54, 1.807) is 30.5 Å². The zero-order valence-electron chi connectivity index (χ0n) is 15.2. The Balaban J connectivity index is 1.85. The van der Waals surface area contributed by atoms with Crippen LogP contribution in [-0.2, 0) is 21.2 Å². The Morgan fingerprint density at radius 3 is 2.70 bits per heavy atom. The molecule has 0 saturated heterocycles. The van der Waals surface area contributed by atoms with Gasteiger partial charge in [-0.3, -0.25) is 9.59 Å². The molecule has 1 aliphatic rings. The van der Waals surface area contributed by atoms with E-state index < -0.39 is 21.8 Å². The molecule has 0 radical (unpaired) electrons. The second kappa shape index (κ2) is 7.48. The number of rotatable bonds is 6. The molecule has 0 aliphatic carbocycles. The number of fused-ring (bicyclic) bond motifs is 1. The maximum atomic E-state index is 12.9. The minimum Gasteiger partial charge on any atom is -0.322 e. The fraction of sp³-hybridized carbons (Fsp3) is 0.316. The number of hydrogen-bond acceptors (Lipinski definition) is 5. The number of carbonyl (C=O) groups is 2. The molecule has 2 aromatic rings. The first-order valence-corrected chi connectivity index (χ1v) is 10.6. The fourth-order valence-electron chi connectivity index (χ4n) is 3.10. The Bertz CT molecular complexity index is 988. The molecule has 0 fully saturated rings. The molecule has 3 rings (SSSR count). The normalized spacial score (nSPS) is 14.7. The van der Waals surface area contributed by atoms with Crippen LogP contribution in [0.1, 0.15) is 27.9 Å². The van der Waals surface area contributed by atoms with Crippen molar-refractivity contribution < 1.29 is 18.0 Å². The Morgan fingerprint density at radius 2 is 2.04 bits per heavy atom. The van der Waals surface area contributed by atoms with E-state index in [1.807, 2.05) is 19.1 Å². The zero-order chi connectivity index (χ0) is 19.6. The summed E-state index contributed by atoms with van der Waals surface area (Å²) in [5, 5.41) is 2.70. The summed E-state index contributed by atoms with van der Waals surface area (Å²) in [6.07, 6.45) is 2.72. The minimum absolute atomic E-state index is 0.0240. The molecule has 1 aliphatic heterocycles. The van der Waals surface area contributed by atoms with Gasteiger partial charge in [0.15, 0.2) is 0 Å². The molecule has 1 atom stereocenters. The number of nitrogens with one attached hydrogen (secondary N) is 1. The molecule has 0 unspecified atom stereocenters. The van der Waals surface area contributed by atoms with Gasteiger partial charge in [-0.05, 0) is 42.7 Å². The predicted molar refractivity (Wildman–Crippen MR) is 102 cm³/mol. The van der Waals surface area contributed by atoms with Gasteiger partial charge in [0.05, 0.1) is 5.75 Å². The van der Waals surface area contributed by atoms with Crippen LogP contribution in [0.2, 0.25) is 0 Å². The highest BCUT2D eigenvalue weighted by molar-refractivity contribution is 7.90. The molecule has 142 valence electrons. The number of nitrogens with zero attached hydrogens (tertiary/aromatic N) is 2. The maximum Gasteiger partial charge on any atom is 0.255 e. The van der Waals surface area contributed by atoms with E-state index in [1.165, 1.54) is 4.90 Å². The average molecular weight is 387 g/mol. The summed E-state index contributed by atoms with van der Waals surface area (Å²) in [7, 11) is -3.28. The molecule has 1 aromatic carbocycles. The van der Waals surface area contributed by atoms with E-state index in [4.69, 9.17) is 0 Å². The van der Waals surface area contributed by atoms with Gasteiger partial charge in [-0.25, -0.2) is 13.4 Å². The number of carbonyl (C=O) groups excluding carboxylic acids is 2. The number of hydrogen-bond donors (Lipinski definition) is 1. The van der Waals surface area contributed by atoms with Gasteiger partial charge in [0.25, 0.3) is 5.91 Å². The highest BCUT2D eigenvalue weighted by Gasteiger charge is 2.36. The second-order valence-electron chi connectivity index (χ2n) is 6.73. The van der Waals surface area contributed by atoms with Crippen LogP contribution >= 0.6 is 0 Å². The number of pyridine rings is 1. The van der Waals surface area contributed by atoms with Crippen molar-refractivity contribution in [2.45, 2.75) is 25.9 Å². The number of anilines is 1. The molecular formula is C19H21N3O4S. The standard InChI is InChI=1S/C19H21N3O4S/c1-13-7-9-20-17(11-13)21-18(23)16(8-10-27(2,25)26)22-12-14-5-3-4-6-15(14)19(22)24/h3-7,9,11,16H,8,10,12H2,1-2H3,(H,20,21,23)/t16-/m1/s1. The Morgan fingerprint density at radius 1 is 1.30 bits per heavy atom. The van der Waals surface area contributed by atoms with Crippen molar-refractivity contribution in [2.24, 2.45) is 0 Å². The third-order valence-corrected chi connectivity index (χ3v) is 5.43. The van der Waals surface area contributed by atoms with Crippen molar-refractivity contribution in [3.05, 3.63) is 59.3 Å².